The molecule has 0 unspecified atom stereocenters. The number of aldehydes is 1. The molecule has 3 aromatic rings. The van der Waals surface area contributed by atoms with Gasteiger partial charge in [0, 0.05) is 31.6 Å². The van der Waals surface area contributed by atoms with Gasteiger partial charge in [0.25, 0.3) is 0 Å². The molecule has 1 N–H and O–H groups in total. The minimum atomic E-state index is -2.59. The van der Waals surface area contributed by atoms with Crippen molar-refractivity contribution in [2.24, 2.45) is 11.8 Å². The Balaban J connectivity index is 1.63. The molecule has 2 aliphatic rings. The van der Waals surface area contributed by atoms with Crippen LogP contribution in [0.5, 0.6) is 0 Å². The number of anilines is 1. The molecule has 198 valence electrons. The lowest BCUT2D eigenvalue weighted by atomic mass is 9.79. The average Bonchev–Trinajstić information content (AvgIpc) is 3.22. The van der Waals surface area contributed by atoms with Crippen molar-refractivity contribution in [3.8, 4) is 11.5 Å². The molecule has 5 rings (SSSR count). The molecule has 0 saturated heterocycles. The molecule has 0 radical (unpaired) electrons. The van der Waals surface area contributed by atoms with E-state index in [2.05, 4.69) is 45.6 Å². The number of halogens is 2. The number of nitrogens with zero attached hydrogens (tertiary/aromatic N) is 5. The third-order valence-corrected chi connectivity index (χ3v) is 8.16. The Morgan fingerprint density at radius 3 is 2.54 bits per heavy atom. The van der Waals surface area contributed by atoms with E-state index in [0.717, 1.165) is 12.0 Å². The summed E-state index contributed by atoms with van der Waals surface area (Å²) in [5.74, 6) is -0.332. The second-order valence-corrected chi connectivity index (χ2v) is 11.0. The first-order valence-electron chi connectivity index (χ1n) is 13.6. The zero-order chi connectivity index (χ0) is 26.2. The number of alkyl halides is 2. The Hall–Kier alpha value is -2.97. The van der Waals surface area contributed by atoms with E-state index < -0.39 is 5.92 Å². The molecule has 3 aromatic heterocycles. The molecular weight excluding hydrogens is 474 g/mol. The summed E-state index contributed by atoms with van der Waals surface area (Å²) >= 11 is 0. The molecule has 2 saturated carbocycles. The Labute approximate surface area is 216 Å². The highest BCUT2D eigenvalue weighted by atomic mass is 19.3. The number of pyridine rings is 1. The SMILES string of the molecule is CC[C@@H](Nc1nc(C=O)nc2nc(-c3cc(C(C)C)ccn3)n(CC3CCC(F)(F)CC3)c12)C1CCC1. The van der Waals surface area contributed by atoms with Crippen molar-refractivity contribution in [1.82, 2.24) is 24.5 Å². The van der Waals surface area contributed by atoms with E-state index in [1.165, 1.54) is 19.3 Å². The Bertz CT molecular complexity index is 1260. The van der Waals surface area contributed by atoms with Gasteiger partial charge in [-0.05, 0) is 67.6 Å². The maximum Gasteiger partial charge on any atom is 0.248 e. The van der Waals surface area contributed by atoms with E-state index in [4.69, 9.17) is 4.98 Å². The van der Waals surface area contributed by atoms with E-state index in [9.17, 15) is 13.6 Å². The fraction of sp³-hybridized carbons (Fsp3) is 0.607. The quantitative estimate of drug-likeness (QED) is 0.325. The Kier molecular flexibility index (Phi) is 7.23. The standard InChI is InChI=1S/C28H36F2N6O/c1-4-21(19-6-5-7-19)32-25-24-26(34-23(16-37)33-25)35-27(22-14-20(17(2)3)10-13-31-22)36(24)15-18-8-11-28(29,30)12-9-18/h10,13-14,16-19,21H,4-9,11-12,15H2,1-3H3,(H,32,33,34)/t21-/m1/s1. The van der Waals surface area contributed by atoms with Crippen LogP contribution >= 0.6 is 0 Å². The lowest BCUT2D eigenvalue weighted by Gasteiger charge is -2.34. The van der Waals surface area contributed by atoms with Crippen molar-refractivity contribution >= 4 is 23.3 Å². The summed E-state index contributed by atoms with van der Waals surface area (Å²) in [7, 11) is 0. The number of fused-ring (bicyclic) bond motifs is 1. The number of hydrogen-bond acceptors (Lipinski definition) is 6. The molecule has 0 aliphatic heterocycles. The van der Waals surface area contributed by atoms with Gasteiger partial charge < -0.3 is 9.88 Å². The molecule has 0 amide bonds. The average molecular weight is 511 g/mol. The summed E-state index contributed by atoms with van der Waals surface area (Å²) in [6.07, 6.45) is 7.63. The van der Waals surface area contributed by atoms with Crippen LogP contribution in [0, 0.1) is 11.8 Å². The van der Waals surface area contributed by atoms with Crippen molar-refractivity contribution in [2.45, 2.75) is 96.6 Å². The third kappa shape index (κ3) is 5.36. The van der Waals surface area contributed by atoms with E-state index in [-0.39, 0.29) is 30.6 Å². The predicted molar refractivity (Wildman–Crippen MR) is 140 cm³/mol. The maximum absolute atomic E-state index is 13.9. The molecule has 0 spiro atoms. The minimum absolute atomic E-state index is 0.0795. The van der Waals surface area contributed by atoms with Crippen LogP contribution in [0.25, 0.3) is 22.7 Å². The minimum Gasteiger partial charge on any atom is -0.365 e. The van der Waals surface area contributed by atoms with Crippen LogP contribution in [0.2, 0.25) is 0 Å². The Morgan fingerprint density at radius 2 is 1.92 bits per heavy atom. The number of carbonyl (C=O) groups is 1. The van der Waals surface area contributed by atoms with Crippen molar-refractivity contribution < 1.29 is 13.6 Å². The molecule has 9 heteroatoms. The normalized spacial score (nSPS) is 19.2. The molecule has 37 heavy (non-hydrogen) atoms. The monoisotopic (exact) mass is 510 g/mol. The number of imidazole rings is 1. The van der Waals surface area contributed by atoms with Crippen molar-refractivity contribution in [3.63, 3.8) is 0 Å². The fourth-order valence-electron chi connectivity index (χ4n) is 5.62. The van der Waals surface area contributed by atoms with E-state index in [0.29, 0.717) is 66.0 Å². The number of carbonyl (C=O) groups excluding carboxylic acids is 1. The molecule has 1 atom stereocenters. The van der Waals surface area contributed by atoms with Crippen LogP contribution < -0.4 is 5.32 Å². The largest absolute Gasteiger partial charge is 0.365 e. The second-order valence-electron chi connectivity index (χ2n) is 11.0. The van der Waals surface area contributed by atoms with E-state index >= 15 is 0 Å². The van der Waals surface area contributed by atoms with Crippen molar-refractivity contribution in [1.29, 1.82) is 0 Å². The molecule has 2 fully saturated rings. The van der Waals surface area contributed by atoms with Gasteiger partial charge in [-0.15, -0.1) is 0 Å². The van der Waals surface area contributed by atoms with Crippen LogP contribution in [0.15, 0.2) is 18.3 Å². The highest BCUT2D eigenvalue weighted by Gasteiger charge is 2.36. The highest BCUT2D eigenvalue weighted by molar-refractivity contribution is 5.89. The van der Waals surface area contributed by atoms with E-state index in [1.807, 2.05) is 12.1 Å². The molecule has 7 nitrogen and oxygen atoms in total. The van der Waals surface area contributed by atoms with Gasteiger partial charge >= 0.3 is 0 Å². The first-order chi connectivity index (χ1) is 17.8. The molecular formula is C28H36F2N6O. The zero-order valence-electron chi connectivity index (χ0n) is 21.9. The van der Waals surface area contributed by atoms with Gasteiger partial charge in [0.15, 0.2) is 29.4 Å². The van der Waals surface area contributed by atoms with Gasteiger partial charge in [0.2, 0.25) is 5.92 Å². The first-order valence-corrected chi connectivity index (χ1v) is 13.6. The highest BCUT2D eigenvalue weighted by Crippen LogP contribution is 2.39. The fourth-order valence-corrected chi connectivity index (χ4v) is 5.62. The zero-order valence-corrected chi connectivity index (χ0v) is 21.9. The molecule has 2 aliphatic carbocycles. The van der Waals surface area contributed by atoms with Gasteiger partial charge in [-0.25, -0.2) is 23.7 Å². The van der Waals surface area contributed by atoms with Crippen LogP contribution in [0.3, 0.4) is 0 Å². The third-order valence-electron chi connectivity index (χ3n) is 8.16. The molecule has 3 heterocycles. The van der Waals surface area contributed by atoms with Crippen LogP contribution in [0.1, 0.15) is 94.2 Å². The number of hydrogen-bond donors (Lipinski definition) is 1. The summed E-state index contributed by atoms with van der Waals surface area (Å²) < 4.78 is 29.9. The predicted octanol–water partition coefficient (Wildman–Crippen LogP) is 6.64. The smallest absolute Gasteiger partial charge is 0.248 e. The lowest BCUT2D eigenvalue weighted by Crippen LogP contribution is -2.33. The van der Waals surface area contributed by atoms with Gasteiger partial charge in [0.1, 0.15) is 11.2 Å². The molecule has 0 bridgehead atoms. The van der Waals surface area contributed by atoms with Gasteiger partial charge in [0.05, 0.1) is 0 Å². The molecule has 0 aromatic carbocycles. The Morgan fingerprint density at radius 1 is 1.16 bits per heavy atom. The van der Waals surface area contributed by atoms with Gasteiger partial charge in [-0.3, -0.25) is 9.78 Å². The van der Waals surface area contributed by atoms with Crippen LogP contribution in [-0.4, -0.2) is 42.8 Å². The van der Waals surface area contributed by atoms with Gasteiger partial charge in [-0.1, -0.05) is 27.2 Å². The summed E-state index contributed by atoms with van der Waals surface area (Å²) in [6.45, 7) is 6.93. The number of nitrogens with one attached hydrogen (secondary N) is 1. The number of rotatable bonds is 9. The topological polar surface area (TPSA) is 85.6 Å². The van der Waals surface area contributed by atoms with Gasteiger partial charge in [-0.2, -0.15) is 0 Å². The van der Waals surface area contributed by atoms with Crippen molar-refractivity contribution in [2.75, 3.05) is 5.32 Å². The summed E-state index contributed by atoms with van der Waals surface area (Å²) in [5, 5.41) is 3.62. The van der Waals surface area contributed by atoms with Crippen LogP contribution in [0.4, 0.5) is 14.6 Å². The van der Waals surface area contributed by atoms with E-state index in [1.54, 1.807) is 6.20 Å². The van der Waals surface area contributed by atoms with Crippen molar-refractivity contribution in [3.05, 3.63) is 29.7 Å². The second kappa shape index (κ2) is 10.4. The first kappa shape index (κ1) is 25.7. The summed E-state index contributed by atoms with van der Waals surface area (Å²) in [4.78, 5) is 30.3. The number of aromatic nitrogens is 5. The summed E-state index contributed by atoms with van der Waals surface area (Å²) in [5.41, 5.74) is 2.98. The summed E-state index contributed by atoms with van der Waals surface area (Å²) in [6, 6.07) is 4.25. The lowest BCUT2D eigenvalue weighted by molar-refractivity contribution is -0.0471. The maximum atomic E-state index is 13.9. The van der Waals surface area contributed by atoms with Crippen LogP contribution in [-0.2, 0) is 6.54 Å².